The van der Waals surface area contributed by atoms with Gasteiger partial charge in [0.2, 0.25) is 0 Å². The summed E-state index contributed by atoms with van der Waals surface area (Å²) in [6, 6.07) is 119. The molecule has 2 aromatic heterocycles. The van der Waals surface area contributed by atoms with E-state index in [0.29, 0.717) is 6.54 Å². The van der Waals surface area contributed by atoms with E-state index in [0.717, 1.165) is 157 Å². The molecule has 0 atom stereocenters. The van der Waals surface area contributed by atoms with Crippen molar-refractivity contribution in [2.24, 2.45) is 0 Å². The van der Waals surface area contributed by atoms with Gasteiger partial charge in [-0.15, -0.1) is 0 Å². The summed E-state index contributed by atoms with van der Waals surface area (Å²) in [6.07, 6.45) is 12.6. The fourth-order valence-corrected chi connectivity index (χ4v) is 16.5. The van der Waals surface area contributed by atoms with Crippen molar-refractivity contribution in [3.05, 3.63) is 383 Å². The van der Waals surface area contributed by atoms with Crippen LogP contribution in [0.5, 0.6) is 0 Å². The first kappa shape index (κ1) is 60.0. The SMILES string of the molecule is C=C/C=C\C(/C=C\C=C)(CN1c2cc3c(cc2B2c4oc5ccccc5c4N(c4ccccc4)c4cc(N(c5ccccc5)c5ccccc5)cc1c42)B1c2oc4ccccc4c2N(c2ccccc2)c2cc(N(c4ccccc4)c4ccccc4)cc(c21)N3c1ccccc1)c1ccccc1. The summed E-state index contributed by atoms with van der Waals surface area (Å²) < 4.78 is 15.3. The van der Waals surface area contributed by atoms with Crippen molar-refractivity contribution in [3.63, 3.8) is 0 Å². The first-order valence-corrected chi connectivity index (χ1v) is 34.9. The molecule has 0 amide bonds. The maximum atomic E-state index is 7.66. The maximum absolute atomic E-state index is 7.66. The van der Waals surface area contributed by atoms with Gasteiger partial charge >= 0.3 is 0 Å². The van der Waals surface area contributed by atoms with Gasteiger partial charge in [-0.25, -0.2) is 0 Å². The average molecular weight is 1310 g/mol. The number of hydrogen-bond donors (Lipinski definition) is 0. The lowest BCUT2D eigenvalue weighted by molar-refractivity contribution is 0.650. The monoisotopic (exact) mass is 1310 g/mol. The molecule has 102 heavy (non-hydrogen) atoms. The average Bonchev–Trinajstić information content (AvgIpc) is 1.24. The minimum absolute atomic E-state index is 0.426. The third-order valence-corrected chi connectivity index (χ3v) is 20.7. The number of anilines is 17. The minimum Gasteiger partial charge on any atom is -0.468 e. The number of hydrogen-bond acceptors (Lipinski definition) is 8. The fraction of sp³-hybridized carbons (Fsp3) is 0.0217. The maximum Gasteiger partial charge on any atom is 0.297 e. The van der Waals surface area contributed by atoms with Crippen molar-refractivity contribution >= 4 is 165 Å². The highest BCUT2D eigenvalue weighted by Crippen LogP contribution is 2.54. The first-order valence-electron chi connectivity index (χ1n) is 34.9. The topological polar surface area (TPSA) is 45.7 Å². The van der Waals surface area contributed by atoms with Crippen LogP contribution in [0, 0.1) is 0 Å². The molecule has 0 bridgehead atoms. The van der Waals surface area contributed by atoms with Crippen LogP contribution in [0.4, 0.5) is 96.7 Å². The molecule has 0 spiro atoms. The van der Waals surface area contributed by atoms with E-state index >= 15 is 0 Å². The molecule has 13 aromatic carbocycles. The second-order valence-electron chi connectivity index (χ2n) is 26.5. The second kappa shape index (κ2) is 24.7. The van der Waals surface area contributed by atoms with E-state index in [4.69, 9.17) is 8.83 Å². The molecule has 15 aromatic rings. The Balaban J connectivity index is 0.978. The van der Waals surface area contributed by atoms with Crippen molar-refractivity contribution in [3.8, 4) is 0 Å². The molecule has 4 aliphatic rings. The number of allylic oxidation sites excluding steroid dienone is 4. The molecule has 10 heteroatoms. The van der Waals surface area contributed by atoms with Crippen LogP contribution in [0.3, 0.4) is 0 Å². The van der Waals surface area contributed by atoms with E-state index < -0.39 is 18.8 Å². The standard InChI is InChI=1S/C92H66B2N6O2/c1-3-5-55-92(56-6-4-2,64-35-15-7-16-36-64)63-95-78-62-79-77(61-76(78)93-86-80(95)57-72(96(65-37-17-8-18-38-65)66-39-19-9-20-40-66)59-82(86)99(70-47-27-13-28-48-70)88-74-51-31-33-53-84(74)101-90(88)93)94-87-81(98(79)69-45-25-12-26-46-69)58-73(97(67-41-21-10-22-42-67)68-43-23-11-24-44-68)60-83(87)100(71-49-29-14-30-50-71)89-75-52-32-34-54-85(75)102-91(89)94/h3-62H,1-2,63H2/b55-5-,56-6-. The summed E-state index contributed by atoms with van der Waals surface area (Å²) in [5.74, 6) is 0. The van der Waals surface area contributed by atoms with E-state index in [1.807, 2.05) is 12.2 Å². The third-order valence-electron chi connectivity index (χ3n) is 20.7. The van der Waals surface area contributed by atoms with Crippen LogP contribution < -0.4 is 62.6 Å². The molecule has 0 N–H and O–H groups in total. The third kappa shape index (κ3) is 9.62. The van der Waals surface area contributed by atoms with Crippen molar-refractivity contribution in [1.29, 1.82) is 0 Å². The van der Waals surface area contributed by atoms with Gasteiger partial charge in [-0.05, 0) is 167 Å². The molecule has 0 unspecified atom stereocenters. The fourth-order valence-electron chi connectivity index (χ4n) is 16.5. The van der Waals surface area contributed by atoms with Gasteiger partial charge in [0, 0.05) is 96.7 Å². The van der Waals surface area contributed by atoms with Crippen LogP contribution >= 0.6 is 0 Å². The van der Waals surface area contributed by atoms with Crippen LogP contribution in [0.1, 0.15) is 5.56 Å². The number of fused-ring (bicyclic) bond motifs is 12. The summed E-state index contributed by atoms with van der Waals surface area (Å²) in [7, 11) is 0. The van der Waals surface area contributed by atoms with Crippen molar-refractivity contribution < 1.29 is 8.83 Å². The van der Waals surface area contributed by atoms with Crippen LogP contribution in [0.2, 0.25) is 0 Å². The highest BCUT2D eigenvalue weighted by molar-refractivity contribution is 7.02. The smallest absolute Gasteiger partial charge is 0.297 e. The number of furan rings is 2. The molecule has 0 fully saturated rings. The quantitative estimate of drug-likeness (QED) is 0.0701. The summed E-state index contributed by atoms with van der Waals surface area (Å²) >= 11 is 0. The Kier molecular flexibility index (Phi) is 14.5. The number of nitrogens with zero attached hydrogens (tertiary/aromatic N) is 6. The highest BCUT2D eigenvalue weighted by Gasteiger charge is 2.52. The number of rotatable bonds is 16. The molecular weight excluding hydrogens is 1240 g/mol. The van der Waals surface area contributed by atoms with E-state index in [9.17, 15) is 0 Å². The Morgan fingerprint density at radius 1 is 0.333 bits per heavy atom. The Bertz CT molecular complexity index is 5680. The van der Waals surface area contributed by atoms with E-state index in [2.05, 4.69) is 394 Å². The summed E-state index contributed by atoms with van der Waals surface area (Å²) in [4.78, 5) is 14.9. The molecule has 482 valence electrons. The molecule has 19 rings (SSSR count). The van der Waals surface area contributed by atoms with Crippen LogP contribution in [-0.2, 0) is 5.41 Å². The van der Waals surface area contributed by atoms with Gasteiger partial charge in [0.15, 0.2) is 0 Å². The summed E-state index contributed by atoms with van der Waals surface area (Å²) in [5, 5.41) is 2.05. The zero-order valence-corrected chi connectivity index (χ0v) is 55.9. The number of para-hydroxylation sites is 9. The van der Waals surface area contributed by atoms with Crippen LogP contribution in [0.15, 0.2) is 386 Å². The second-order valence-corrected chi connectivity index (χ2v) is 26.5. The van der Waals surface area contributed by atoms with Crippen LogP contribution in [-0.4, -0.2) is 20.0 Å². The molecule has 0 saturated heterocycles. The van der Waals surface area contributed by atoms with E-state index in [1.54, 1.807) is 0 Å². The number of benzene rings is 13. The van der Waals surface area contributed by atoms with Crippen molar-refractivity contribution in [1.82, 2.24) is 0 Å². The zero-order chi connectivity index (χ0) is 67.8. The molecule has 8 nitrogen and oxygen atoms in total. The molecule has 6 heterocycles. The highest BCUT2D eigenvalue weighted by atomic mass is 16.3. The molecule has 4 aliphatic heterocycles. The Labute approximate surface area is 594 Å². The van der Waals surface area contributed by atoms with Crippen LogP contribution in [0.25, 0.3) is 21.9 Å². The lowest BCUT2D eigenvalue weighted by Gasteiger charge is -2.47. The van der Waals surface area contributed by atoms with Gasteiger partial charge in [-0.2, -0.15) is 0 Å². The van der Waals surface area contributed by atoms with Gasteiger partial charge in [0.05, 0.1) is 34.1 Å². The molecule has 0 saturated carbocycles. The normalized spacial score (nSPS) is 13.2. The Hall–Kier alpha value is -13.2. The van der Waals surface area contributed by atoms with Gasteiger partial charge < -0.3 is 38.2 Å². The molecular formula is C92H66B2N6O2. The van der Waals surface area contributed by atoms with Gasteiger partial charge in [-0.3, -0.25) is 0 Å². The van der Waals surface area contributed by atoms with Gasteiger partial charge in [-0.1, -0.05) is 238 Å². The first-order chi connectivity index (χ1) is 50.5. The Morgan fingerprint density at radius 3 is 1.10 bits per heavy atom. The minimum atomic E-state index is -0.787. The van der Waals surface area contributed by atoms with E-state index in [-0.39, 0.29) is 0 Å². The van der Waals surface area contributed by atoms with Crippen molar-refractivity contribution in [2.75, 3.05) is 35.9 Å². The molecule has 0 aliphatic carbocycles. The van der Waals surface area contributed by atoms with Gasteiger partial charge in [0.25, 0.3) is 13.4 Å². The predicted octanol–water partition coefficient (Wildman–Crippen LogP) is 20.4. The van der Waals surface area contributed by atoms with Gasteiger partial charge in [0.1, 0.15) is 11.2 Å². The summed E-state index contributed by atoms with van der Waals surface area (Å²) in [6.45, 7) is 8.19. The summed E-state index contributed by atoms with van der Waals surface area (Å²) in [5.41, 5.74) is 25.5. The lowest BCUT2D eigenvalue weighted by atomic mass is 9.32. The molecule has 0 radical (unpaired) electrons. The Morgan fingerprint density at radius 2 is 0.676 bits per heavy atom. The largest absolute Gasteiger partial charge is 0.468 e. The van der Waals surface area contributed by atoms with E-state index in [1.165, 1.54) is 0 Å². The zero-order valence-electron chi connectivity index (χ0n) is 55.9. The van der Waals surface area contributed by atoms with Crippen molar-refractivity contribution in [2.45, 2.75) is 5.41 Å². The predicted molar refractivity (Wildman–Crippen MR) is 429 cm³/mol. The lowest BCUT2D eigenvalue weighted by Crippen LogP contribution is -2.65.